The lowest BCUT2D eigenvalue weighted by Crippen LogP contribution is -2.38. The molecule has 0 radical (unpaired) electrons. The predicted octanol–water partition coefficient (Wildman–Crippen LogP) is 5.62. The molecular formula is C26H25ClN4O3S. The first-order valence-corrected chi connectivity index (χ1v) is 12.8. The average molecular weight is 509 g/mol. The molecule has 0 aliphatic heterocycles. The number of aliphatic carboxylic acids is 1. The molecule has 4 aromatic rings. The maximum Gasteiger partial charge on any atom is 0.303 e. The molecule has 0 spiro atoms. The normalized spacial score (nSPS) is 18.0. The third-order valence-corrected chi connectivity index (χ3v) is 7.72. The van der Waals surface area contributed by atoms with Gasteiger partial charge in [-0.2, -0.15) is 5.10 Å². The van der Waals surface area contributed by atoms with E-state index in [4.69, 9.17) is 16.7 Å². The topological polar surface area (TPSA) is 97.1 Å². The van der Waals surface area contributed by atoms with Crippen molar-refractivity contribution in [1.29, 1.82) is 0 Å². The summed E-state index contributed by atoms with van der Waals surface area (Å²) in [5.74, 6) is -0.765. The number of carbonyl (C=O) groups is 2. The van der Waals surface area contributed by atoms with Crippen LogP contribution in [0.5, 0.6) is 0 Å². The molecule has 7 nitrogen and oxygen atoms in total. The van der Waals surface area contributed by atoms with E-state index in [1.807, 2.05) is 47.3 Å². The molecule has 2 heterocycles. The summed E-state index contributed by atoms with van der Waals surface area (Å²) in [4.78, 5) is 29.9. The summed E-state index contributed by atoms with van der Waals surface area (Å²) in [6.07, 6.45) is 6.93. The van der Waals surface area contributed by atoms with Crippen LogP contribution in [0.25, 0.3) is 21.5 Å². The van der Waals surface area contributed by atoms with Gasteiger partial charge in [0.1, 0.15) is 5.01 Å². The minimum atomic E-state index is -0.760. The van der Waals surface area contributed by atoms with Crippen LogP contribution in [-0.2, 0) is 11.3 Å². The van der Waals surface area contributed by atoms with Crippen LogP contribution in [0.4, 0.5) is 0 Å². The standard InChI is InChI=1S/C26H25ClN4O3S/c27-19-11-18-13-29-31(15-21-14-28-26(35-21)17-4-2-1-3-5-17)24(18)22(12-19)25(34)30-20-8-6-16(7-9-20)10-23(32)33/h1-5,11-14,16,20H,6-10,15H2,(H,30,34)(H,32,33). The van der Waals surface area contributed by atoms with E-state index in [0.717, 1.165) is 52.0 Å². The number of nitrogens with one attached hydrogen (secondary N) is 1. The lowest BCUT2D eigenvalue weighted by molar-refractivity contribution is -0.138. The van der Waals surface area contributed by atoms with Crippen molar-refractivity contribution in [1.82, 2.24) is 20.1 Å². The molecule has 0 unspecified atom stereocenters. The summed E-state index contributed by atoms with van der Waals surface area (Å²) in [7, 11) is 0. The second-order valence-corrected chi connectivity index (χ2v) is 10.5. The van der Waals surface area contributed by atoms with Crippen LogP contribution in [0, 0.1) is 5.92 Å². The first kappa shape index (κ1) is 23.5. The number of aromatic nitrogens is 3. The van der Waals surface area contributed by atoms with Crippen molar-refractivity contribution in [3.8, 4) is 10.6 Å². The van der Waals surface area contributed by atoms with Gasteiger partial charge in [0.25, 0.3) is 5.91 Å². The van der Waals surface area contributed by atoms with E-state index in [2.05, 4.69) is 15.4 Å². The van der Waals surface area contributed by atoms with Gasteiger partial charge in [-0.05, 0) is 43.7 Å². The third-order valence-electron chi connectivity index (χ3n) is 6.47. The number of benzene rings is 2. The Morgan fingerprint density at radius 1 is 1.11 bits per heavy atom. The van der Waals surface area contributed by atoms with Gasteiger partial charge in [0.05, 0.1) is 23.8 Å². The van der Waals surface area contributed by atoms with Crippen molar-refractivity contribution in [3.63, 3.8) is 0 Å². The molecule has 35 heavy (non-hydrogen) atoms. The fourth-order valence-electron chi connectivity index (χ4n) is 4.75. The number of hydrogen-bond donors (Lipinski definition) is 2. The van der Waals surface area contributed by atoms with Crippen LogP contribution in [0.1, 0.15) is 47.3 Å². The van der Waals surface area contributed by atoms with Crippen LogP contribution >= 0.6 is 22.9 Å². The van der Waals surface area contributed by atoms with E-state index < -0.39 is 5.97 Å². The summed E-state index contributed by atoms with van der Waals surface area (Å²) in [5.41, 5.74) is 2.30. The first-order valence-electron chi connectivity index (χ1n) is 11.6. The summed E-state index contributed by atoms with van der Waals surface area (Å²) in [6.45, 7) is 0.496. The van der Waals surface area contributed by atoms with Crippen LogP contribution < -0.4 is 5.32 Å². The van der Waals surface area contributed by atoms with Gasteiger partial charge in [0.2, 0.25) is 0 Å². The second kappa shape index (κ2) is 10.2. The Kier molecular flexibility index (Phi) is 6.83. The molecule has 2 N–H and O–H groups in total. The molecule has 1 aliphatic rings. The Bertz CT molecular complexity index is 1360. The van der Waals surface area contributed by atoms with Crippen molar-refractivity contribution in [2.45, 2.75) is 44.7 Å². The molecule has 0 bridgehead atoms. The van der Waals surface area contributed by atoms with Gasteiger partial charge in [0.15, 0.2) is 0 Å². The van der Waals surface area contributed by atoms with Gasteiger partial charge < -0.3 is 10.4 Å². The summed E-state index contributed by atoms with van der Waals surface area (Å²) < 4.78 is 1.83. The Labute approximate surface area is 211 Å². The van der Waals surface area contributed by atoms with Gasteiger partial charge in [-0.1, -0.05) is 41.9 Å². The smallest absolute Gasteiger partial charge is 0.303 e. The molecule has 0 atom stereocenters. The van der Waals surface area contributed by atoms with E-state index in [9.17, 15) is 9.59 Å². The second-order valence-electron chi connectivity index (χ2n) is 8.98. The highest BCUT2D eigenvalue weighted by Gasteiger charge is 2.25. The quantitative estimate of drug-likeness (QED) is 0.337. The van der Waals surface area contributed by atoms with Crippen molar-refractivity contribution in [2.24, 2.45) is 5.92 Å². The zero-order valence-electron chi connectivity index (χ0n) is 19.0. The zero-order chi connectivity index (χ0) is 24.4. The Balaban J connectivity index is 1.35. The number of nitrogens with zero attached hydrogens (tertiary/aromatic N) is 3. The van der Waals surface area contributed by atoms with Crippen molar-refractivity contribution in [3.05, 3.63) is 70.3 Å². The lowest BCUT2D eigenvalue weighted by atomic mass is 9.84. The fourth-order valence-corrected chi connectivity index (χ4v) is 5.88. The highest BCUT2D eigenvalue weighted by atomic mass is 35.5. The highest BCUT2D eigenvalue weighted by molar-refractivity contribution is 7.15. The molecule has 1 amide bonds. The van der Waals surface area contributed by atoms with E-state index in [1.165, 1.54) is 0 Å². The molecule has 2 aromatic carbocycles. The van der Waals surface area contributed by atoms with E-state index in [1.54, 1.807) is 23.6 Å². The van der Waals surface area contributed by atoms with Gasteiger partial charge >= 0.3 is 5.97 Å². The Morgan fingerprint density at radius 2 is 1.89 bits per heavy atom. The molecule has 1 aliphatic carbocycles. The molecule has 1 fully saturated rings. The molecule has 2 aromatic heterocycles. The number of amides is 1. The van der Waals surface area contributed by atoms with Crippen LogP contribution in [0.3, 0.4) is 0 Å². The number of carbonyl (C=O) groups excluding carboxylic acids is 1. The molecule has 5 rings (SSSR count). The first-order chi connectivity index (χ1) is 17.0. The average Bonchev–Trinajstić information content (AvgIpc) is 3.47. The maximum absolute atomic E-state index is 13.3. The fraction of sp³-hybridized carbons (Fsp3) is 0.308. The van der Waals surface area contributed by atoms with E-state index in [-0.39, 0.29) is 24.3 Å². The molecule has 0 saturated heterocycles. The van der Waals surface area contributed by atoms with Crippen molar-refractivity contribution < 1.29 is 14.7 Å². The number of carboxylic acid groups (broad SMARTS) is 1. The summed E-state index contributed by atoms with van der Waals surface area (Å²) in [6, 6.07) is 13.6. The number of hydrogen-bond acceptors (Lipinski definition) is 5. The molecule has 180 valence electrons. The summed E-state index contributed by atoms with van der Waals surface area (Å²) >= 11 is 7.94. The molecule has 1 saturated carbocycles. The van der Waals surface area contributed by atoms with Crippen molar-refractivity contribution in [2.75, 3.05) is 0 Å². The van der Waals surface area contributed by atoms with Gasteiger partial charge in [0, 0.05) is 39.5 Å². The van der Waals surface area contributed by atoms with Crippen molar-refractivity contribution >= 4 is 45.7 Å². The number of rotatable bonds is 7. The van der Waals surface area contributed by atoms with E-state index in [0.29, 0.717) is 17.1 Å². The maximum atomic E-state index is 13.3. The Morgan fingerprint density at radius 3 is 2.63 bits per heavy atom. The largest absolute Gasteiger partial charge is 0.481 e. The SMILES string of the molecule is O=C(O)CC1CCC(NC(=O)c2cc(Cl)cc3cnn(Cc4cnc(-c5ccccc5)s4)c23)CC1. The number of fused-ring (bicyclic) bond motifs is 1. The highest BCUT2D eigenvalue weighted by Crippen LogP contribution is 2.30. The minimum Gasteiger partial charge on any atom is -0.481 e. The van der Waals surface area contributed by atoms with Crippen LogP contribution in [-0.4, -0.2) is 37.8 Å². The molecule has 9 heteroatoms. The minimum absolute atomic E-state index is 0.0212. The Hall–Kier alpha value is -3.23. The number of halogens is 1. The summed E-state index contributed by atoms with van der Waals surface area (Å²) in [5, 5.41) is 18.9. The monoisotopic (exact) mass is 508 g/mol. The van der Waals surface area contributed by atoms with E-state index >= 15 is 0 Å². The number of carboxylic acids is 1. The van der Waals surface area contributed by atoms with Gasteiger partial charge in [-0.3, -0.25) is 14.3 Å². The molecular weight excluding hydrogens is 484 g/mol. The van der Waals surface area contributed by atoms with Crippen LogP contribution in [0.2, 0.25) is 5.02 Å². The van der Waals surface area contributed by atoms with Gasteiger partial charge in [-0.25, -0.2) is 4.98 Å². The van der Waals surface area contributed by atoms with Crippen LogP contribution in [0.15, 0.2) is 54.9 Å². The predicted molar refractivity (Wildman–Crippen MR) is 137 cm³/mol. The zero-order valence-corrected chi connectivity index (χ0v) is 20.6. The lowest BCUT2D eigenvalue weighted by Gasteiger charge is -2.28. The number of thiazole rings is 1. The van der Waals surface area contributed by atoms with Gasteiger partial charge in [-0.15, -0.1) is 11.3 Å². The third kappa shape index (κ3) is 5.39.